The van der Waals surface area contributed by atoms with Gasteiger partial charge in [0.15, 0.2) is 0 Å². The molecule has 0 aromatic carbocycles. The molecule has 0 saturated carbocycles. The zero-order chi connectivity index (χ0) is 21.1. The number of aryl methyl sites for hydroxylation is 1. The number of nitrogens with zero attached hydrogens (tertiary/aromatic N) is 1. The molecule has 2 bridgehead atoms. The van der Waals surface area contributed by atoms with Gasteiger partial charge in [-0.1, -0.05) is 26.0 Å². The van der Waals surface area contributed by atoms with Crippen LogP contribution in [0.15, 0.2) is 28.7 Å². The van der Waals surface area contributed by atoms with Crippen LogP contribution in [0, 0.1) is 30.1 Å². The number of ether oxygens (including phenoxy) is 1. The van der Waals surface area contributed by atoms with Crippen molar-refractivity contribution < 1.29 is 28.6 Å². The molecule has 3 saturated heterocycles. The summed E-state index contributed by atoms with van der Waals surface area (Å²) in [6.45, 7) is 8.74. The summed E-state index contributed by atoms with van der Waals surface area (Å²) in [7, 11) is 0. The van der Waals surface area contributed by atoms with E-state index in [-0.39, 0.29) is 11.7 Å². The van der Waals surface area contributed by atoms with Crippen molar-refractivity contribution in [2.45, 2.75) is 57.9 Å². The van der Waals surface area contributed by atoms with E-state index < -0.39 is 52.4 Å². The van der Waals surface area contributed by atoms with Crippen LogP contribution in [0.5, 0.6) is 0 Å². The van der Waals surface area contributed by atoms with E-state index in [9.17, 15) is 19.5 Å². The Kier molecular flexibility index (Phi) is 3.33. The van der Waals surface area contributed by atoms with Crippen LogP contribution in [-0.4, -0.2) is 44.9 Å². The van der Waals surface area contributed by atoms with E-state index in [1.165, 1.54) is 0 Å². The van der Waals surface area contributed by atoms with Gasteiger partial charge in [-0.3, -0.25) is 14.4 Å². The Bertz CT molecular complexity index is 995. The standard InChI is InChI=1S/C22H25NO6/c1-10-6-7-13(28-10)14-11(2)15(24)12(3)17-22-9-8-20(4,29-22)21(5,19(26)27)16(22)18(25)23(14)17/h6-9,11-12,14,16-17H,1-5H3,(H,26,27)/t11-,12-,14+,16+,17-,20+,21+,22-/m0/s1. The molecule has 0 aliphatic carbocycles. The number of Topliss-reactive ketones (excluding diaryl/α,β-unsaturated/α-hetero) is 1. The molecule has 7 heteroatoms. The van der Waals surface area contributed by atoms with Crippen molar-refractivity contribution in [1.29, 1.82) is 0 Å². The van der Waals surface area contributed by atoms with Crippen molar-refractivity contribution in [3.8, 4) is 0 Å². The molecule has 8 atom stereocenters. The summed E-state index contributed by atoms with van der Waals surface area (Å²) in [5, 5.41) is 10.1. The first-order chi connectivity index (χ1) is 13.5. The fourth-order valence-electron chi connectivity index (χ4n) is 6.41. The van der Waals surface area contributed by atoms with Crippen LogP contribution >= 0.6 is 0 Å². The molecular weight excluding hydrogens is 374 g/mol. The zero-order valence-electron chi connectivity index (χ0n) is 17.1. The summed E-state index contributed by atoms with van der Waals surface area (Å²) in [5.74, 6) is -1.91. The van der Waals surface area contributed by atoms with E-state index in [1.807, 2.05) is 32.9 Å². The van der Waals surface area contributed by atoms with Gasteiger partial charge in [-0.2, -0.15) is 0 Å². The minimum Gasteiger partial charge on any atom is -0.481 e. The lowest BCUT2D eigenvalue weighted by molar-refractivity contribution is -0.168. The molecule has 0 radical (unpaired) electrons. The van der Waals surface area contributed by atoms with Gasteiger partial charge in [-0.25, -0.2) is 0 Å². The third-order valence-electron chi connectivity index (χ3n) is 8.02. The second-order valence-electron chi connectivity index (χ2n) is 9.40. The monoisotopic (exact) mass is 399 g/mol. The summed E-state index contributed by atoms with van der Waals surface area (Å²) < 4.78 is 12.2. The Morgan fingerprint density at radius 2 is 1.83 bits per heavy atom. The molecule has 3 fully saturated rings. The number of fused-ring (bicyclic) bond motifs is 2. The van der Waals surface area contributed by atoms with Gasteiger partial charge >= 0.3 is 5.97 Å². The first kappa shape index (κ1) is 18.6. The highest BCUT2D eigenvalue weighted by Gasteiger charge is 2.82. The lowest BCUT2D eigenvalue weighted by Crippen LogP contribution is -2.58. The van der Waals surface area contributed by atoms with E-state index in [1.54, 1.807) is 30.9 Å². The van der Waals surface area contributed by atoms with E-state index in [2.05, 4.69) is 0 Å². The van der Waals surface area contributed by atoms with Crippen LogP contribution in [0.3, 0.4) is 0 Å². The molecule has 4 aliphatic heterocycles. The molecule has 0 unspecified atom stereocenters. The van der Waals surface area contributed by atoms with Crippen molar-refractivity contribution in [1.82, 2.24) is 4.90 Å². The minimum absolute atomic E-state index is 0.0302. The molecule has 7 nitrogen and oxygen atoms in total. The molecule has 29 heavy (non-hydrogen) atoms. The summed E-state index contributed by atoms with van der Waals surface area (Å²) in [6.07, 6.45) is 3.59. The molecular formula is C22H25NO6. The maximum atomic E-state index is 13.9. The number of carbonyl (C=O) groups is 3. The molecule has 154 valence electrons. The van der Waals surface area contributed by atoms with Gasteiger partial charge in [0, 0.05) is 11.8 Å². The number of aliphatic carboxylic acids is 1. The van der Waals surface area contributed by atoms with E-state index in [0.717, 1.165) is 0 Å². The Balaban J connectivity index is 1.73. The normalized spacial score (nSPS) is 47.6. The van der Waals surface area contributed by atoms with Crippen LogP contribution in [0.25, 0.3) is 0 Å². The Morgan fingerprint density at radius 1 is 1.14 bits per heavy atom. The number of rotatable bonds is 2. The highest BCUT2D eigenvalue weighted by molar-refractivity contribution is 5.97. The smallest absolute Gasteiger partial charge is 0.313 e. The second kappa shape index (κ2) is 5.19. The molecule has 1 N–H and O–H groups in total. The predicted molar refractivity (Wildman–Crippen MR) is 101 cm³/mol. The molecule has 1 aromatic heterocycles. The minimum atomic E-state index is -1.42. The Labute approximate surface area is 168 Å². The summed E-state index contributed by atoms with van der Waals surface area (Å²) in [5.41, 5.74) is -3.66. The molecule has 1 amide bonds. The van der Waals surface area contributed by atoms with Gasteiger partial charge < -0.3 is 19.2 Å². The Morgan fingerprint density at radius 3 is 2.41 bits per heavy atom. The van der Waals surface area contributed by atoms with Crippen molar-refractivity contribution >= 4 is 17.7 Å². The maximum Gasteiger partial charge on any atom is 0.313 e. The number of hydrogen-bond acceptors (Lipinski definition) is 5. The lowest BCUT2D eigenvalue weighted by Gasteiger charge is -2.47. The molecule has 4 aliphatic rings. The van der Waals surface area contributed by atoms with E-state index >= 15 is 0 Å². The molecule has 1 spiro atoms. The zero-order valence-corrected chi connectivity index (χ0v) is 17.1. The fraction of sp³-hybridized carbons (Fsp3) is 0.591. The van der Waals surface area contributed by atoms with Crippen LogP contribution < -0.4 is 0 Å². The van der Waals surface area contributed by atoms with Crippen LogP contribution in [0.2, 0.25) is 0 Å². The topological polar surface area (TPSA) is 97.0 Å². The molecule has 1 aromatic rings. The van der Waals surface area contributed by atoms with Gasteiger partial charge in [0.05, 0.1) is 18.0 Å². The first-order valence-electron chi connectivity index (χ1n) is 10.1. The van der Waals surface area contributed by atoms with E-state index in [0.29, 0.717) is 11.5 Å². The largest absolute Gasteiger partial charge is 0.481 e. The average Bonchev–Trinajstić information content (AvgIpc) is 3.34. The van der Waals surface area contributed by atoms with Gasteiger partial charge in [0.25, 0.3) is 0 Å². The number of carboxylic acid groups (broad SMARTS) is 1. The molecule has 5 heterocycles. The number of furan rings is 1. The predicted octanol–water partition coefficient (Wildman–Crippen LogP) is 2.50. The number of carbonyl (C=O) groups excluding carboxylic acids is 2. The summed E-state index contributed by atoms with van der Waals surface area (Å²) in [6, 6.07) is 2.45. The second-order valence-corrected chi connectivity index (χ2v) is 9.40. The van der Waals surface area contributed by atoms with Gasteiger partial charge in [0.1, 0.15) is 33.9 Å². The summed E-state index contributed by atoms with van der Waals surface area (Å²) >= 11 is 0. The van der Waals surface area contributed by atoms with Crippen molar-refractivity contribution in [2.24, 2.45) is 23.2 Å². The van der Waals surface area contributed by atoms with Crippen LogP contribution in [0.4, 0.5) is 0 Å². The van der Waals surface area contributed by atoms with Gasteiger partial charge in [-0.05, 0) is 32.9 Å². The van der Waals surface area contributed by atoms with Crippen molar-refractivity contribution in [3.05, 3.63) is 35.8 Å². The average molecular weight is 399 g/mol. The fourth-order valence-corrected chi connectivity index (χ4v) is 6.41. The SMILES string of the molecule is Cc1ccc([C@H]2[C@H](C)C(=O)[C@H](C)[C@@H]3N2C(=O)[C@H]2[C@@]34C=C[C@@](C)(O4)[C@@]2(C)C(=O)O)o1. The number of hydrogen-bond donors (Lipinski definition) is 1. The highest BCUT2D eigenvalue weighted by Crippen LogP contribution is 2.68. The number of amides is 1. The quantitative estimate of drug-likeness (QED) is 0.768. The third kappa shape index (κ3) is 1.81. The van der Waals surface area contributed by atoms with Crippen LogP contribution in [0.1, 0.15) is 45.3 Å². The van der Waals surface area contributed by atoms with Crippen molar-refractivity contribution in [3.63, 3.8) is 0 Å². The lowest BCUT2D eigenvalue weighted by atomic mass is 9.59. The van der Waals surface area contributed by atoms with Gasteiger partial charge in [0.2, 0.25) is 5.91 Å². The van der Waals surface area contributed by atoms with E-state index in [4.69, 9.17) is 9.15 Å². The first-order valence-corrected chi connectivity index (χ1v) is 10.1. The maximum absolute atomic E-state index is 13.9. The number of ketones is 1. The Hall–Kier alpha value is -2.41. The van der Waals surface area contributed by atoms with Crippen LogP contribution in [-0.2, 0) is 19.1 Å². The van der Waals surface area contributed by atoms with Gasteiger partial charge in [-0.15, -0.1) is 0 Å². The number of piperidine rings is 1. The van der Waals surface area contributed by atoms with Crippen molar-refractivity contribution in [2.75, 3.05) is 0 Å². The third-order valence-corrected chi connectivity index (χ3v) is 8.02. The highest BCUT2D eigenvalue weighted by atomic mass is 16.5. The molecule has 5 rings (SSSR count). The summed E-state index contributed by atoms with van der Waals surface area (Å²) in [4.78, 5) is 41.2. The number of carboxylic acids is 1.